The first kappa shape index (κ1) is 15.3. The summed E-state index contributed by atoms with van der Waals surface area (Å²) in [6, 6.07) is 0. The van der Waals surface area contributed by atoms with Crippen molar-refractivity contribution in [3.8, 4) is 0 Å². The van der Waals surface area contributed by atoms with Gasteiger partial charge in [0.1, 0.15) is 0 Å². The molecule has 102 valence electrons. The first-order chi connectivity index (χ1) is 8.06. The maximum Gasteiger partial charge on any atom is 0.0356 e. The van der Waals surface area contributed by atoms with Crippen LogP contribution in [0.4, 0.5) is 0 Å². The molecule has 0 aliphatic heterocycles. The quantitative estimate of drug-likeness (QED) is 0.743. The minimum Gasteiger partial charge on any atom is -0.329 e. The van der Waals surface area contributed by atoms with E-state index in [1.165, 1.54) is 38.0 Å². The monoisotopic (exact) mass is 258 g/mol. The van der Waals surface area contributed by atoms with Gasteiger partial charge in [-0.25, -0.2) is 0 Å². The van der Waals surface area contributed by atoms with Crippen molar-refractivity contribution in [3.63, 3.8) is 0 Å². The second-order valence-electron chi connectivity index (χ2n) is 5.86. The summed E-state index contributed by atoms with van der Waals surface area (Å²) < 4.78 is 0. The summed E-state index contributed by atoms with van der Waals surface area (Å²) in [5.41, 5.74) is 6.41. The summed E-state index contributed by atoms with van der Waals surface area (Å²) in [5, 5.41) is 0. The van der Waals surface area contributed by atoms with Crippen molar-refractivity contribution in [2.45, 2.75) is 45.1 Å². The van der Waals surface area contributed by atoms with Crippen LogP contribution in [0.1, 0.15) is 39.5 Å². The van der Waals surface area contributed by atoms with Crippen LogP contribution in [0, 0.1) is 11.8 Å². The lowest BCUT2D eigenvalue weighted by Crippen LogP contribution is -2.59. The Kier molecular flexibility index (Phi) is 6.32. The zero-order chi connectivity index (χ0) is 12.9. The van der Waals surface area contributed by atoms with Gasteiger partial charge < -0.3 is 5.73 Å². The molecule has 0 saturated heterocycles. The van der Waals surface area contributed by atoms with Crippen molar-refractivity contribution in [2.75, 3.05) is 32.1 Å². The predicted octanol–water partition coefficient (Wildman–Crippen LogP) is 2.82. The van der Waals surface area contributed by atoms with Crippen LogP contribution in [-0.4, -0.2) is 42.6 Å². The molecule has 1 fully saturated rings. The molecule has 3 atom stereocenters. The van der Waals surface area contributed by atoms with Gasteiger partial charge in [-0.2, -0.15) is 11.8 Å². The average molecular weight is 258 g/mol. The summed E-state index contributed by atoms with van der Waals surface area (Å²) in [4.78, 5) is 2.56. The normalized spacial score (nSPS) is 34.2. The molecule has 17 heavy (non-hydrogen) atoms. The lowest BCUT2D eigenvalue weighted by molar-refractivity contribution is 0.0148. The number of thioether (sulfide) groups is 1. The fraction of sp³-hybridized carbons (Fsp3) is 1.00. The van der Waals surface area contributed by atoms with E-state index in [1.54, 1.807) is 0 Å². The van der Waals surface area contributed by atoms with E-state index in [1.807, 2.05) is 11.8 Å². The zero-order valence-electron chi connectivity index (χ0n) is 12.0. The van der Waals surface area contributed by atoms with E-state index < -0.39 is 0 Å². The SMILES string of the molecule is CSCCCN(C)C1(CN)CC(C)CCC1C. The van der Waals surface area contributed by atoms with Gasteiger partial charge in [-0.3, -0.25) is 4.90 Å². The summed E-state index contributed by atoms with van der Waals surface area (Å²) >= 11 is 1.94. The highest BCUT2D eigenvalue weighted by molar-refractivity contribution is 7.98. The van der Waals surface area contributed by atoms with Crippen LogP contribution in [0.15, 0.2) is 0 Å². The third kappa shape index (κ3) is 3.62. The van der Waals surface area contributed by atoms with Crippen molar-refractivity contribution in [3.05, 3.63) is 0 Å². The van der Waals surface area contributed by atoms with Crippen LogP contribution in [0.25, 0.3) is 0 Å². The lowest BCUT2D eigenvalue weighted by atomic mass is 9.68. The molecule has 0 amide bonds. The maximum atomic E-state index is 6.15. The molecule has 2 nitrogen and oxygen atoms in total. The van der Waals surface area contributed by atoms with Gasteiger partial charge in [-0.05, 0) is 56.7 Å². The van der Waals surface area contributed by atoms with Crippen molar-refractivity contribution in [2.24, 2.45) is 17.6 Å². The van der Waals surface area contributed by atoms with E-state index in [9.17, 15) is 0 Å². The molecular formula is C14H30N2S. The van der Waals surface area contributed by atoms with Gasteiger partial charge in [-0.1, -0.05) is 20.3 Å². The predicted molar refractivity (Wildman–Crippen MR) is 79.6 cm³/mol. The van der Waals surface area contributed by atoms with E-state index in [4.69, 9.17) is 5.73 Å². The second kappa shape index (κ2) is 7.01. The molecule has 1 saturated carbocycles. The van der Waals surface area contributed by atoms with Gasteiger partial charge in [0.25, 0.3) is 0 Å². The largest absolute Gasteiger partial charge is 0.329 e. The Morgan fingerprint density at radius 3 is 2.65 bits per heavy atom. The Balaban J connectivity index is 2.64. The summed E-state index contributed by atoms with van der Waals surface area (Å²) in [7, 11) is 2.28. The molecule has 0 spiro atoms. The molecule has 0 aromatic rings. The Morgan fingerprint density at radius 2 is 2.06 bits per heavy atom. The molecule has 1 rings (SSSR count). The Morgan fingerprint density at radius 1 is 1.35 bits per heavy atom. The summed E-state index contributed by atoms with van der Waals surface area (Å²) in [6.07, 6.45) is 7.46. The van der Waals surface area contributed by atoms with E-state index in [0.717, 1.165) is 18.4 Å². The van der Waals surface area contributed by atoms with Crippen molar-refractivity contribution >= 4 is 11.8 Å². The molecule has 3 heteroatoms. The molecular weight excluding hydrogens is 228 g/mol. The zero-order valence-corrected chi connectivity index (χ0v) is 12.9. The Hall–Kier alpha value is 0.270. The number of nitrogens with two attached hydrogens (primary N) is 1. The number of hydrogen-bond donors (Lipinski definition) is 1. The van der Waals surface area contributed by atoms with Crippen LogP contribution in [-0.2, 0) is 0 Å². The highest BCUT2D eigenvalue weighted by Crippen LogP contribution is 2.39. The standard InChI is InChI=1S/C14H30N2S/c1-12-6-7-13(2)14(10-12,11-15)16(3)8-5-9-17-4/h12-13H,5-11,15H2,1-4H3. The topological polar surface area (TPSA) is 29.3 Å². The van der Waals surface area contributed by atoms with Crippen LogP contribution >= 0.6 is 11.8 Å². The lowest BCUT2D eigenvalue weighted by Gasteiger charge is -2.50. The molecule has 0 bridgehead atoms. The number of nitrogens with zero attached hydrogens (tertiary/aromatic N) is 1. The smallest absolute Gasteiger partial charge is 0.0356 e. The van der Waals surface area contributed by atoms with Crippen molar-refractivity contribution in [1.82, 2.24) is 4.90 Å². The van der Waals surface area contributed by atoms with E-state index in [0.29, 0.717) is 0 Å². The summed E-state index contributed by atoms with van der Waals surface area (Å²) in [5.74, 6) is 2.83. The van der Waals surface area contributed by atoms with Crippen LogP contribution < -0.4 is 5.73 Å². The van der Waals surface area contributed by atoms with Gasteiger partial charge in [0.05, 0.1) is 0 Å². The van der Waals surface area contributed by atoms with Gasteiger partial charge in [-0.15, -0.1) is 0 Å². The molecule has 0 aromatic carbocycles. The Bertz CT molecular complexity index is 222. The molecule has 0 heterocycles. The van der Waals surface area contributed by atoms with Crippen LogP contribution in [0.3, 0.4) is 0 Å². The van der Waals surface area contributed by atoms with E-state index in [-0.39, 0.29) is 5.54 Å². The highest BCUT2D eigenvalue weighted by Gasteiger charge is 2.42. The highest BCUT2D eigenvalue weighted by atomic mass is 32.2. The third-order valence-electron chi connectivity index (χ3n) is 4.67. The minimum absolute atomic E-state index is 0.260. The first-order valence-corrected chi connectivity index (χ1v) is 8.36. The molecule has 1 aliphatic carbocycles. The van der Waals surface area contributed by atoms with E-state index >= 15 is 0 Å². The van der Waals surface area contributed by atoms with Gasteiger partial charge in [0, 0.05) is 12.1 Å². The molecule has 3 unspecified atom stereocenters. The summed E-state index contributed by atoms with van der Waals surface area (Å²) in [6.45, 7) is 6.78. The fourth-order valence-corrected chi connectivity index (χ4v) is 3.77. The van der Waals surface area contributed by atoms with E-state index in [2.05, 4.69) is 32.1 Å². The van der Waals surface area contributed by atoms with Crippen LogP contribution in [0.5, 0.6) is 0 Å². The average Bonchev–Trinajstić information content (AvgIpc) is 2.32. The number of rotatable bonds is 6. The maximum absolute atomic E-state index is 6.15. The third-order valence-corrected chi connectivity index (χ3v) is 5.36. The van der Waals surface area contributed by atoms with Gasteiger partial charge >= 0.3 is 0 Å². The second-order valence-corrected chi connectivity index (χ2v) is 6.85. The van der Waals surface area contributed by atoms with Crippen LogP contribution in [0.2, 0.25) is 0 Å². The first-order valence-electron chi connectivity index (χ1n) is 6.97. The number of hydrogen-bond acceptors (Lipinski definition) is 3. The number of likely N-dealkylation sites (N-methyl/N-ethyl adjacent to an activating group) is 1. The molecule has 0 radical (unpaired) electrons. The molecule has 2 N–H and O–H groups in total. The Labute approximate surface area is 112 Å². The van der Waals surface area contributed by atoms with Gasteiger partial charge in [0.2, 0.25) is 0 Å². The molecule has 0 aromatic heterocycles. The van der Waals surface area contributed by atoms with Gasteiger partial charge in [0.15, 0.2) is 0 Å². The van der Waals surface area contributed by atoms with Crippen molar-refractivity contribution in [1.29, 1.82) is 0 Å². The fourth-order valence-electron chi connectivity index (χ4n) is 3.35. The molecule has 1 aliphatic rings. The van der Waals surface area contributed by atoms with Crippen molar-refractivity contribution < 1.29 is 0 Å². The minimum atomic E-state index is 0.260.